The third-order valence-electron chi connectivity index (χ3n) is 7.72. The number of sulfonamides is 1. The Hall–Kier alpha value is -3.73. The highest BCUT2D eigenvalue weighted by Crippen LogP contribution is 2.36. The van der Waals surface area contributed by atoms with Crippen LogP contribution < -0.4 is 10.6 Å². The van der Waals surface area contributed by atoms with Gasteiger partial charge in [-0.3, -0.25) is 14.9 Å². The van der Waals surface area contributed by atoms with Crippen LogP contribution in [0.1, 0.15) is 44.7 Å². The first-order valence-corrected chi connectivity index (χ1v) is 18.3. The zero-order valence-corrected chi connectivity index (χ0v) is 28.0. The van der Waals surface area contributed by atoms with E-state index in [1.54, 1.807) is 6.07 Å². The molecule has 1 fully saturated rings. The van der Waals surface area contributed by atoms with Crippen molar-refractivity contribution in [2.24, 2.45) is 0 Å². The van der Waals surface area contributed by atoms with Crippen molar-refractivity contribution < 1.29 is 44.0 Å². The summed E-state index contributed by atoms with van der Waals surface area (Å²) in [5.74, 6) is -1.75. The lowest BCUT2D eigenvalue weighted by Gasteiger charge is -2.31. The molecule has 1 saturated heterocycles. The third-order valence-corrected chi connectivity index (χ3v) is 10.6. The van der Waals surface area contributed by atoms with Gasteiger partial charge in [0, 0.05) is 31.0 Å². The summed E-state index contributed by atoms with van der Waals surface area (Å²) in [5, 5.41) is 4.40. The number of pyridine rings is 1. The molecule has 0 spiro atoms. The Labute approximate surface area is 276 Å². The molecule has 260 valence electrons. The van der Waals surface area contributed by atoms with E-state index in [0.29, 0.717) is 11.1 Å². The van der Waals surface area contributed by atoms with Crippen molar-refractivity contribution in [1.29, 1.82) is 0 Å². The predicted octanol–water partition coefficient (Wildman–Crippen LogP) is 4.39. The molecule has 0 aliphatic carbocycles. The molecule has 1 aromatic heterocycles. The number of hydrogen-bond acceptors (Lipinski definition) is 8. The molecule has 16 heteroatoms. The van der Waals surface area contributed by atoms with Gasteiger partial charge in [-0.25, -0.2) is 26.2 Å². The molecule has 0 radical (unpaired) electrons. The van der Waals surface area contributed by atoms with Crippen LogP contribution in [0.2, 0.25) is 0 Å². The minimum Gasteiger partial charge on any atom is -0.345 e. The Morgan fingerprint density at radius 1 is 0.979 bits per heavy atom. The van der Waals surface area contributed by atoms with Crippen LogP contribution in [0, 0.1) is 0 Å². The molecule has 1 aliphatic rings. The van der Waals surface area contributed by atoms with Crippen molar-refractivity contribution in [2.75, 3.05) is 19.3 Å². The lowest BCUT2D eigenvalue weighted by Crippen LogP contribution is -2.54. The van der Waals surface area contributed by atoms with Gasteiger partial charge in [0.15, 0.2) is 20.6 Å². The number of halogens is 4. The second-order valence-electron chi connectivity index (χ2n) is 12.2. The summed E-state index contributed by atoms with van der Waals surface area (Å²) in [6.45, 7) is 1.54. The number of rotatable bonds is 11. The maximum Gasteiger partial charge on any atom is 0.407 e. The molecule has 2 heterocycles. The fraction of sp³-hybridized carbons (Fsp3) is 0.406. The second kappa shape index (κ2) is 14.4. The highest BCUT2D eigenvalue weighted by atomic mass is 32.2. The van der Waals surface area contributed by atoms with Crippen LogP contribution in [0.25, 0.3) is 11.1 Å². The van der Waals surface area contributed by atoms with Crippen LogP contribution in [0.5, 0.6) is 0 Å². The molecule has 0 bridgehead atoms. The third kappa shape index (κ3) is 9.24. The summed E-state index contributed by atoms with van der Waals surface area (Å²) in [5.41, 5.74) is -1.80. The Kier molecular flexibility index (Phi) is 11.1. The van der Waals surface area contributed by atoms with E-state index in [1.807, 2.05) is 0 Å². The van der Waals surface area contributed by atoms with Gasteiger partial charge >= 0.3 is 6.18 Å². The number of alkyl halides is 4. The van der Waals surface area contributed by atoms with Crippen molar-refractivity contribution >= 4 is 31.6 Å². The standard InChI is InChI=1S/C32H36F4N4O6S2/c1-31(2,33)19-25(30(42)39-24-10-8-18-40(20-26(24)41)48(45,46)28-12-6-7-17-37-28)38-29(32(34,35)36)22-15-13-21(14-16-22)23-9-4-5-11-27(23)47(3,43)44/h4-7,9,11-17,24-25,29,38H,8,10,18-20H2,1-3H3,(H,39,42)/t24?,25-,29-/m0/s1. The fourth-order valence-electron chi connectivity index (χ4n) is 5.44. The van der Waals surface area contributed by atoms with Crippen LogP contribution >= 0.6 is 0 Å². The number of benzene rings is 2. The summed E-state index contributed by atoms with van der Waals surface area (Å²) < 4.78 is 110. The Morgan fingerprint density at radius 3 is 2.21 bits per heavy atom. The number of aromatic nitrogens is 1. The number of ketones is 1. The van der Waals surface area contributed by atoms with Crippen LogP contribution in [-0.2, 0) is 29.4 Å². The highest BCUT2D eigenvalue weighted by Gasteiger charge is 2.44. The zero-order valence-electron chi connectivity index (χ0n) is 26.4. The van der Waals surface area contributed by atoms with Crippen LogP contribution in [0.3, 0.4) is 0 Å². The first kappa shape index (κ1) is 37.1. The number of carbonyl (C=O) groups is 2. The van der Waals surface area contributed by atoms with Crippen molar-refractivity contribution in [2.45, 2.75) is 73.0 Å². The molecule has 1 unspecified atom stereocenters. The lowest BCUT2D eigenvalue weighted by atomic mass is 9.96. The van der Waals surface area contributed by atoms with E-state index >= 15 is 0 Å². The van der Waals surface area contributed by atoms with Crippen molar-refractivity contribution in [3.8, 4) is 11.1 Å². The molecule has 48 heavy (non-hydrogen) atoms. The van der Waals surface area contributed by atoms with Gasteiger partial charge in [0.1, 0.15) is 11.7 Å². The predicted molar refractivity (Wildman–Crippen MR) is 170 cm³/mol. The molecule has 1 amide bonds. The van der Waals surface area contributed by atoms with Gasteiger partial charge in [0.25, 0.3) is 10.0 Å². The molecule has 3 atom stereocenters. The molecule has 2 aromatic carbocycles. The van der Waals surface area contributed by atoms with Gasteiger partial charge in [-0.1, -0.05) is 48.5 Å². The van der Waals surface area contributed by atoms with E-state index in [-0.39, 0.29) is 34.9 Å². The van der Waals surface area contributed by atoms with Crippen LogP contribution in [0.4, 0.5) is 17.6 Å². The number of carbonyl (C=O) groups excluding carboxylic acids is 2. The first-order valence-electron chi connectivity index (χ1n) is 14.9. The average molecular weight is 713 g/mol. The van der Waals surface area contributed by atoms with Gasteiger partial charge in [0.05, 0.1) is 23.5 Å². The fourth-order valence-corrected chi connectivity index (χ4v) is 7.72. The van der Waals surface area contributed by atoms with E-state index in [0.717, 1.165) is 36.5 Å². The number of amides is 1. The Balaban J connectivity index is 1.56. The van der Waals surface area contributed by atoms with E-state index < -0.39 is 74.5 Å². The monoisotopic (exact) mass is 712 g/mol. The van der Waals surface area contributed by atoms with E-state index in [1.165, 1.54) is 54.7 Å². The quantitative estimate of drug-likeness (QED) is 0.279. The van der Waals surface area contributed by atoms with E-state index in [2.05, 4.69) is 15.6 Å². The van der Waals surface area contributed by atoms with Gasteiger partial charge in [-0.05, 0) is 56.0 Å². The minimum absolute atomic E-state index is 0.00364. The van der Waals surface area contributed by atoms with Crippen molar-refractivity contribution in [1.82, 2.24) is 19.9 Å². The maximum absolute atomic E-state index is 14.9. The number of sulfone groups is 1. The largest absolute Gasteiger partial charge is 0.407 e. The molecule has 0 saturated carbocycles. The SMILES string of the molecule is CC(C)(F)C[C@H](N[C@@H](c1ccc(-c2ccccc2S(C)(=O)=O)cc1)C(F)(F)F)C(=O)NC1CCCN(S(=O)(=O)c2ccccn2)CC1=O. The molecule has 3 aromatic rings. The number of nitrogens with one attached hydrogen (secondary N) is 2. The van der Waals surface area contributed by atoms with Crippen LogP contribution in [-0.4, -0.2) is 81.1 Å². The Morgan fingerprint density at radius 2 is 1.62 bits per heavy atom. The topological polar surface area (TPSA) is 143 Å². The number of nitrogens with zero attached hydrogens (tertiary/aromatic N) is 2. The Bertz CT molecular complexity index is 1830. The summed E-state index contributed by atoms with van der Waals surface area (Å²) in [6, 6.07) is 9.80. The molecular weight excluding hydrogens is 676 g/mol. The molecule has 1 aliphatic heterocycles. The summed E-state index contributed by atoms with van der Waals surface area (Å²) in [7, 11) is -7.78. The first-order chi connectivity index (χ1) is 22.3. The average Bonchev–Trinajstić information content (AvgIpc) is 3.19. The minimum atomic E-state index is -4.95. The van der Waals surface area contributed by atoms with Gasteiger partial charge < -0.3 is 5.32 Å². The van der Waals surface area contributed by atoms with Crippen LogP contribution in [0.15, 0.2) is 82.8 Å². The molecule has 2 N–H and O–H groups in total. The summed E-state index contributed by atoms with van der Waals surface area (Å²) in [4.78, 5) is 30.4. The summed E-state index contributed by atoms with van der Waals surface area (Å²) >= 11 is 0. The summed E-state index contributed by atoms with van der Waals surface area (Å²) in [6.07, 6.45) is -3.19. The zero-order chi connectivity index (χ0) is 35.5. The number of Topliss-reactive ketones (excluding diaryl/α,β-unsaturated/α-hetero) is 1. The second-order valence-corrected chi connectivity index (χ2v) is 16.1. The normalized spacial score (nSPS) is 18.1. The van der Waals surface area contributed by atoms with Gasteiger partial charge in [-0.2, -0.15) is 17.5 Å². The van der Waals surface area contributed by atoms with Gasteiger partial charge in [0.2, 0.25) is 5.91 Å². The van der Waals surface area contributed by atoms with Crippen molar-refractivity contribution in [3.05, 3.63) is 78.5 Å². The molecular formula is C32H36F4N4O6S2. The van der Waals surface area contributed by atoms with E-state index in [9.17, 15) is 44.0 Å². The maximum atomic E-state index is 14.9. The smallest absolute Gasteiger partial charge is 0.345 e. The van der Waals surface area contributed by atoms with Gasteiger partial charge in [-0.15, -0.1) is 0 Å². The van der Waals surface area contributed by atoms with Crippen molar-refractivity contribution in [3.63, 3.8) is 0 Å². The molecule has 10 nitrogen and oxygen atoms in total. The lowest BCUT2D eigenvalue weighted by molar-refractivity contribution is -0.161. The number of hydrogen-bond donors (Lipinski definition) is 2. The molecule has 4 rings (SSSR count). The van der Waals surface area contributed by atoms with E-state index in [4.69, 9.17) is 0 Å². The highest BCUT2D eigenvalue weighted by molar-refractivity contribution is 7.90.